The minimum Gasteiger partial charge on any atom is -0.321 e. The van der Waals surface area contributed by atoms with E-state index in [4.69, 9.17) is 5.73 Å². The number of hydrogen-bond acceptors (Lipinski definition) is 1. The second-order valence-corrected chi connectivity index (χ2v) is 6.12. The largest absolute Gasteiger partial charge is 0.321 e. The van der Waals surface area contributed by atoms with Gasteiger partial charge in [-0.1, -0.05) is 43.3 Å². The van der Waals surface area contributed by atoms with Crippen LogP contribution in [0, 0.1) is 5.82 Å². The van der Waals surface area contributed by atoms with E-state index in [1.807, 2.05) is 19.1 Å². The van der Waals surface area contributed by atoms with Gasteiger partial charge in [0.05, 0.1) is 0 Å². The number of fused-ring (bicyclic) bond motifs is 1. The van der Waals surface area contributed by atoms with E-state index in [-0.39, 0.29) is 5.82 Å². The third-order valence-electron chi connectivity index (χ3n) is 4.72. The molecule has 21 heavy (non-hydrogen) atoms. The van der Waals surface area contributed by atoms with Crippen LogP contribution in [0.15, 0.2) is 42.5 Å². The van der Waals surface area contributed by atoms with Crippen LogP contribution in [0.3, 0.4) is 0 Å². The van der Waals surface area contributed by atoms with Gasteiger partial charge in [-0.05, 0) is 54.9 Å². The molecule has 0 aliphatic heterocycles. The number of benzene rings is 2. The van der Waals surface area contributed by atoms with Crippen molar-refractivity contribution in [3.63, 3.8) is 0 Å². The van der Waals surface area contributed by atoms with E-state index in [0.29, 0.717) is 18.4 Å². The molecule has 0 heterocycles. The Morgan fingerprint density at radius 1 is 1.10 bits per heavy atom. The fourth-order valence-electron chi connectivity index (χ4n) is 3.38. The Morgan fingerprint density at radius 3 is 2.62 bits per heavy atom. The number of hydrogen-bond donors (Lipinski definition) is 1. The average molecular weight is 283 g/mol. The smallest absolute Gasteiger partial charge is 0.128 e. The first-order chi connectivity index (χ1) is 10.1. The van der Waals surface area contributed by atoms with Crippen molar-refractivity contribution in [2.45, 2.75) is 44.6 Å². The Labute approximate surface area is 126 Å². The Kier molecular flexibility index (Phi) is 3.81. The van der Waals surface area contributed by atoms with Gasteiger partial charge in [-0.25, -0.2) is 4.39 Å². The summed E-state index contributed by atoms with van der Waals surface area (Å²) in [6.45, 7) is 2.03. The molecular weight excluding hydrogens is 261 g/mol. The van der Waals surface area contributed by atoms with Crippen LogP contribution < -0.4 is 5.73 Å². The Balaban J connectivity index is 1.92. The molecule has 0 aromatic heterocycles. The molecule has 0 radical (unpaired) electrons. The van der Waals surface area contributed by atoms with Gasteiger partial charge in [0, 0.05) is 11.1 Å². The molecule has 0 saturated carbocycles. The number of nitrogens with two attached hydrogens (primary N) is 1. The number of aryl methyl sites for hydroxylation is 2. The first kappa shape index (κ1) is 14.3. The Morgan fingerprint density at radius 2 is 1.86 bits per heavy atom. The van der Waals surface area contributed by atoms with E-state index in [1.165, 1.54) is 35.6 Å². The highest BCUT2D eigenvalue weighted by atomic mass is 19.1. The van der Waals surface area contributed by atoms with Crippen molar-refractivity contribution in [1.82, 2.24) is 0 Å². The summed E-state index contributed by atoms with van der Waals surface area (Å²) in [4.78, 5) is 0. The van der Waals surface area contributed by atoms with Crippen molar-refractivity contribution in [1.29, 1.82) is 0 Å². The lowest BCUT2D eigenvalue weighted by Crippen LogP contribution is -2.39. The maximum absolute atomic E-state index is 14.1. The SMILES string of the molecule is CCC(N)(Cc1ccc2c(c1)CCC2)c1ccccc1F. The zero-order valence-corrected chi connectivity index (χ0v) is 12.5. The van der Waals surface area contributed by atoms with Crippen molar-refractivity contribution < 1.29 is 4.39 Å². The summed E-state index contributed by atoms with van der Waals surface area (Å²) in [6.07, 6.45) is 4.98. The monoisotopic (exact) mass is 283 g/mol. The Hall–Kier alpha value is -1.67. The van der Waals surface area contributed by atoms with Crippen molar-refractivity contribution in [2.24, 2.45) is 5.73 Å². The zero-order valence-electron chi connectivity index (χ0n) is 12.5. The molecule has 1 aliphatic rings. The van der Waals surface area contributed by atoms with E-state index in [2.05, 4.69) is 18.2 Å². The van der Waals surface area contributed by atoms with Gasteiger partial charge in [-0.3, -0.25) is 0 Å². The quantitative estimate of drug-likeness (QED) is 0.897. The molecule has 2 N–H and O–H groups in total. The van der Waals surface area contributed by atoms with Crippen LogP contribution in [0.25, 0.3) is 0 Å². The van der Waals surface area contributed by atoms with Crippen LogP contribution in [-0.4, -0.2) is 0 Å². The fourth-order valence-corrected chi connectivity index (χ4v) is 3.38. The summed E-state index contributed by atoms with van der Waals surface area (Å²) in [5.41, 5.74) is 10.7. The van der Waals surface area contributed by atoms with Gasteiger partial charge in [-0.15, -0.1) is 0 Å². The number of halogens is 1. The summed E-state index contributed by atoms with van der Waals surface area (Å²) in [6, 6.07) is 13.5. The molecule has 0 saturated heterocycles. The van der Waals surface area contributed by atoms with Crippen molar-refractivity contribution in [3.05, 3.63) is 70.5 Å². The maximum atomic E-state index is 14.1. The summed E-state index contributed by atoms with van der Waals surface area (Å²) in [5.74, 6) is -0.206. The van der Waals surface area contributed by atoms with E-state index >= 15 is 0 Å². The second kappa shape index (κ2) is 5.61. The van der Waals surface area contributed by atoms with Crippen LogP contribution in [0.2, 0.25) is 0 Å². The first-order valence-corrected chi connectivity index (χ1v) is 7.77. The minimum atomic E-state index is -0.641. The third kappa shape index (κ3) is 2.73. The number of rotatable bonds is 4. The molecule has 1 atom stereocenters. The molecular formula is C19H22FN. The van der Waals surface area contributed by atoms with Gasteiger partial charge in [0.15, 0.2) is 0 Å². The zero-order chi connectivity index (χ0) is 14.9. The van der Waals surface area contributed by atoms with Crippen LogP contribution in [-0.2, 0) is 24.8 Å². The van der Waals surface area contributed by atoms with Gasteiger partial charge >= 0.3 is 0 Å². The molecule has 3 rings (SSSR count). The van der Waals surface area contributed by atoms with Gasteiger partial charge in [0.2, 0.25) is 0 Å². The molecule has 2 heteroatoms. The lowest BCUT2D eigenvalue weighted by atomic mass is 9.82. The molecule has 0 amide bonds. The van der Waals surface area contributed by atoms with Gasteiger partial charge in [-0.2, -0.15) is 0 Å². The topological polar surface area (TPSA) is 26.0 Å². The van der Waals surface area contributed by atoms with Crippen LogP contribution in [0.1, 0.15) is 42.0 Å². The van der Waals surface area contributed by atoms with Crippen LogP contribution >= 0.6 is 0 Å². The average Bonchev–Trinajstić information content (AvgIpc) is 2.95. The summed E-state index contributed by atoms with van der Waals surface area (Å²) < 4.78 is 14.1. The molecule has 110 valence electrons. The second-order valence-electron chi connectivity index (χ2n) is 6.12. The maximum Gasteiger partial charge on any atom is 0.128 e. The minimum absolute atomic E-state index is 0.206. The standard InChI is InChI=1S/C19H22FN/c1-2-19(21,17-8-3-4-9-18(17)20)13-14-10-11-15-6-5-7-16(15)12-14/h3-4,8-12H,2,5-7,13,21H2,1H3. The normalized spacial score (nSPS) is 16.5. The van der Waals surface area contributed by atoms with Crippen molar-refractivity contribution in [3.8, 4) is 0 Å². The third-order valence-corrected chi connectivity index (χ3v) is 4.72. The molecule has 2 aromatic rings. The van der Waals surface area contributed by atoms with E-state index in [0.717, 1.165) is 6.42 Å². The highest BCUT2D eigenvalue weighted by Gasteiger charge is 2.28. The summed E-state index contributed by atoms with van der Waals surface area (Å²) >= 11 is 0. The predicted octanol–water partition coefficient (Wildman–Crippen LogP) is 4.12. The molecule has 0 spiro atoms. The predicted molar refractivity (Wildman–Crippen MR) is 84.7 cm³/mol. The molecule has 0 fully saturated rings. The summed E-state index contributed by atoms with van der Waals surface area (Å²) in [5, 5.41) is 0. The first-order valence-electron chi connectivity index (χ1n) is 7.77. The van der Waals surface area contributed by atoms with Gasteiger partial charge in [0.25, 0.3) is 0 Å². The van der Waals surface area contributed by atoms with Crippen molar-refractivity contribution in [2.75, 3.05) is 0 Å². The van der Waals surface area contributed by atoms with Crippen molar-refractivity contribution >= 4 is 0 Å². The highest BCUT2D eigenvalue weighted by Crippen LogP contribution is 2.30. The Bertz CT molecular complexity index is 650. The molecule has 1 nitrogen and oxygen atoms in total. The summed E-state index contributed by atoms with van der Waals surface area (Å²) in [7, 11) is 0. The van der Waals surface area contributed by atoms with E-state index in [9.17, 15) is 4.39 Å². The lowest BCUT2D eigenvalue weighted by molar-refractivity contribution is 0.402. The highest BCUT2D eigenvalue weighted by molar-refractivity contribution is 5.37. The van der Waals surface area contributed by atoms with Gasteiger partial charge in [0.1, 0.15) is 5.82 Å². The van der Waals surface area contributed by atoms with E-state index in [1.54, 1.807) is 6.07 Å². The fraction of sp³-hybridized carbons (Fsp3) is 0.368. The van der Waals surface area contributed by atoms with Crippen LogP contribution in [0.5, 0.6) is 0 Å². The molecule has 1 aliphatic carbocycles. The molecule has 2 aromatic carbocycles. The molecule has 1 unspecified atom stereocenters. The van der Waals surface area contributed by atoms with E-state index < -0.39 is 5.54 Å². The van der Waals surface area contributed by atoms with Crippen LogP contribution in [0.4, 0.5) is 4.39 Å². The molecule has 0 bridgehead atoms. The van der Waals surface area contributed by atoms with Gasteiger partial charge < -0.3 is 5.73 Å². The lowest BCUT2D eigenvalue weighted by Gasteiger charge is -2.29.